The molecule has 0 atom stereocenters. The van der Waals surface area contributed by atoms with Gasteiger partial charge in [-0.1, -0.05) is 54.1 Å². The summed E-state index contributed by atoms with van der Waals surface area (Å²) in [5.41, 5.74) is 5.79. The molecule has 0 unspecified atom stereocenters. The van der Waals surface area contributed by atoms with Crippen molar-refractivity contribution in [2.45, 2.75) is 13.8 Å². The SMILES string of the molecule is Cc1ccc(-c2cn(-c3cccc(C(=O)C=Cc4ccc(Cl)cc4)c3)c(=O)[nH]2)cc1C. The molecule has 0 aliphatic carbocycles. The summed E-state index contributed by atoms with van der Waals surface area (Å²) in [6.45, 7) is 4.09. The first-order chi connectivity index (χ1) is 14.9. The molecule has 0 saturated heterocycles. The molecule has 0 radical (unpaired) electrons. The van der Waals surface area contributed by atoms with Crippen molar-refractivity contribution in [2.75, 3.05) is 0 Å². The summed E-state index contributed by atoms with van der Waals surface area (Å²) in [7, 11) is 0. The molecule has 0 fully saturated rings. The Morgan fingerprint density at radius 3 is 2.48 bits per heavy atom. The van der Waals surface area contributed by atoms with E-state index >= 15 is 0 Å². The Morgan fingerprint density at radius 2 is 1.74 bits per heavy atom. The molecule has 31 heavy (non-hydrogen) atoms. The number of H-pyrrole nitrogens is 1. The number of imidazole rings is 1. The summed E-state index contributed by atoms with van der Waals surface area (Å²) in [6.07, 6.45) is 5.02. The fraction of sp³-hybridized carbons (Fsp3) is 0.0769. The smallest absolute Gasteiger partial charge is 0.305 e. The second kappa shape index (κ2) is 8.62. The van der Waals surface area contributed by atoms with E-state index in [4.69, 9.17) is 11.6 Å². The lowest BCUT2D eigenvalue weighted by atomic mass is 10.0. The van der Waals surface area contributed by atoms with Gasteiger partial charge in [-0.15, -0.1) is 0 Å². The number of nitrogens with zero attached hydrogens (tertiary/aromatic N) is 1. The van der Waals surface area contributed by atoms with Crippen molar-refractivity contribution in [3.05, 3.63) is 117 Å². The van der Waals surface area contributed by atoms with Gasteiger partial charge in [0.2, 0.25) is 0 Å². The molecule has 4 nitrogen and oxygen atoms in total. The second-order valence-corrected chi connectivity index (χ2v) is 7.88. The van der Waals surface area contributed by atoms with Crippen LogP contribution in [0, 0.1) is 13.8 Å². The van der Waals surface area contributed by atoms with E-state index in [-0.39, 0.29) is 11.5 Å². The molecule has 1 heterocycles. The van der Waals surface area contributed by atoms with Gasteiger partial charge >= 0.3 is 5.69 Å². The van der Waals surface area contributed by atoms with E-state index in [2.05, 4.69) is 11.9 Å². The number of carbonyl (C=O) groups excluding carboxylic acids is 1. The number of ketones is 1. The van der Waals surface area contributed by atoms with Gasteiger partial charge in [0, 0.05) is 16.8 Å². The predicted octanol–water partition coefficient (Wildman–Crippen LogP) is 6.00. The normalized spacial score (nSPS) is 11.2. The summed E-state index contributed by atoms with van der Waals surface area (Å²) in [6, 6.07) is 20.3. The molecule has 0 bridgehead atoms. The fourth-order valence-corrected chi connectivity index (χ4v) is 3.42. The van der Waals surface area contributed by atoms with Crippen molar-refractivity contribution in [1.29, 1.82) is 0 Å². The predicted molar refractivity (Wildman–Crippen MR) is 126 cm³/mol. The summed E-state index contributed by atoms with van der Waals surface area (Å²) < 4.78 is 1.52. The molecule has 1 N–H and O–H groups in total. The summed E-state index contributed by atoms with van der Waals surface area (Å²) in [5.74, 6) is -0.144. The largest absolute Gasteiger partial charge is 0.330 e. The van der Waals surface area contributed by atoms with E-state index in [1.807, 2.05) is 37.3 Å². The second-order valence-electron chi connectivity index (χ2n) is 7.44. The number of carbonyl (C=O) groups is 1. The molecule has 4 rings (SSSR count). The maximum Gasteiger partial charge on any atom is 0.330 e. The summed E-state index contributed by atoms with van der Waals surface area (Å²) >= 11 is 5.89. The Balaban J connectivity index is 1.61. The van der Waals surface area contributed by atoms with E-state index in [1.54, 1.807) is 48.7 Å². The Morgan fingerprint density at radius 1 is 0.968 bits per heavy atom. The summed E-state index contributed by atoms with van der Waals surface area (Å²) in [5, 5.41) is 0.647. The van der Waals surface area contributed by atoms with Crippen molar-refractivity contribution in [3.63, 3.8) is 0 Å². The first-order valence-corrected chi connectivity index (χ1v) is 10.3. The van der Waals surface area contributed by atoms with Crippen molar-refractivity contribution in [3.8, 4) is 16.9 Å². The van der Waals surface area contributed by atoms with Gasteiger partial charge in [-0.3, -0.25) is 9.36 Å². The molecular weight excluding hydrogens is 408 g/mol. The van der Waals surface area contributed by atoms with Crippen molar-refractivity contribution < 1.29 is 4.79 Å². The van der Waals surface area contributed by atoms with Gasteiger partial charge in [-0.2, -0.15) is 0 Å². The Kier molecular flexibility index (Phi) is 5.74. The molecule has 0 aliphatic rings. The molecule has 0 saturated carbocycles. The first kappa shape index (κ1) is 20.6. The highest BCUT2D eigenvalue weighted by Gasteiger charge is 2.10. The number of aromatic nitrogens is 2. The Hall–Kier alpha value is -3.63. The number of allylic oxidation sites excluding steroid dienone is 1. The van der Waals surface area contributed by atoms with Gasteiger partial charge < -0.3 is 4.98 Å². The van der Waals surface area contributed by atoms with Crippen molar-refractivity contribution >= 4 is 23.5 Å². The highest BCUT2D eigenvalue weighted by Crippen LogP contribution is 2.21. The molecule has 3 aromatic carbocycles. The molecular formula is C26H21ClN2O2. The minimum absolute atomic E-state index is 0.144. The zero-order valence-electron chi connectivity index (χ0n) is 17.2. The minimum atomic E-state index is -0.255. The quantitative estimate of drug-likeness (QED) is 0.313. The van der Waals surface area contributed by atoms with E-state index < -0.39 is 0 Å². The lowest BCUT2D eigenvalue weighted by Crippen LogP contribution is -2.14. The minimum Gasteiger partial charge on any atom is -0.305 e. The Bertz CT molecular complexity index is 1340. The van der Waals surface area contributed by atoms with Gasteiger partial charge in [0.1, 0.15) is 0 Å². The number of nitrogens with one attached hydrogen (secondary N) is 1. The van der Waals surface area contributed by atoms with Crippen LogP contribution in [0.1, 0.15) is 27.0 Å². The van der Waals surface area contributed by atoms with Gasteiger partial charge in [0.05, 0.1) is 11.4 Å². The van der Waals surface area contributed by atoms with Gasteiger partial charge in [0.15, 0.2) is 5.78 Å². The third-order valence-corrected chi connectivity index (χ3v) is 5.49. The number of rotatable bonds is 5. The third kappa shape index (κ3) is 4.60. The highest BCUT2D eigenvalue weighted by molar-refractivity contribution is 6.30. The molecule has 4 aromatic rings. The van der Waals surface area contributed by atoms with E-state index in [9.17, 15) is 9.59 Å². The van der Waals surface area contributed by atoms with Crippen LogP contribution in [0.2, 0.25) is 5.02 Å². The van der Waals surface area contributed by atoms with Crippen LogP contribution < -0.4 is 5.69 Å². The van der Waals surface area contributed by atoms with Crippen LogP contribution in [0.25, 0.3) is 23.0 Å². The molecule has 5 heteroatoms. The molecule has 0 amide bonds. The van der Waals surface area contributed by atoms with E-state index in [1.165, 1.54) is 16.2 Å². The van der Waals surface area contributed by atoms with Crippen LogP contribution in [0.15, 0.2) is 83.8 Å². The lowest BCUT2D eigenvalue weighted by molar-refractivity contribution is 0.104. The number of halogens is 1. The monoisotopic (exact) mass is 428 g/mol. The van der Waals surface area contributed by atoms with Crippen molar-refractivity contribution in [1.82, 2.24) is 9.55 Å². The average Bonchev–Trinajstić information content (AvgIpc) is 3.17. The standard InChI is InChI=1S/C26H21ClN2O2/c1-17-6-10-20(14-18(17)2)24-16-29(26(31)28-24)23-5-3-4-21(15-23)25(30)13-9-19-7-11-22(27)12-8-19/h3-16H,1-2H3,(H,28,31). The van der Waals surface area contributed by atoms with Gasteiger partial charge in [-0.05, 0) is 72.5 Å². The molecule has 1 aromatic heterocycles. The van der Waals surface area contributed by atoms with Crippen LogP contribution >= 0.6 is 11.6 Å². The number of benzene rings is 3. The summed E-state index contributed by atoms with van der Waals surface area (Å²) in [4.78, 5) is 28.1. The highest BCUT2D eigenvalue weighted by atomic mass is 35.5. The van der Waals surface area contributed by atoms with Crippen LogP contribution in [0.5, 0.6) is 0 Å². The zero-order valence-corrected chi connectivity index (χ0v) is 18.0. The Labute approximate surface area is 185 Å². The maximum absolute atomic E-state index is 12.6. The van der Waals surface area contributed by atoms with Crippen LogP contribution in [-0.4, -0.2) is 15.3 Å². The number of aryl methyl sites for hydroxylation is 2. The third-order valence-electron chi connectivity index (χ3n) is 5.24. The lowest BCUT2D eigenvalue weighted by Gasteiger charge is -2.04. The van der Waals surface area contributed by atoms with Crippen molar-refractivity contribution in [2.24, 2.45) is 0 Å². The topological polar surface area (TPSA) is 54.9 Å². The van der Waals surface area contributed by atoms with Gasteiger partial charge in [-0.25, -0.2) is 4.79 Å². The maximum atomic E-state index is 12.6. The first-order valence-electron chi connectivity index (χ1n) is 9.88. The molecule has 0 aliphatic heterocycles. The van der Waals surface area contributed by atoms with E-state index in [0.717, 1.165) is 22.4 Å². The van der Waals surface area contributed by atoms with E-state index in [0.29, 0.717) is 16.3 Å². The van der Waals surface area contributed by atoms with Crippen LogP contribution in [0.3, 0.4) is 0 Å². The zero-order chi connectivity index (χ0) is 22.0. The molecule has 154 valence electrons. The molecule has 0 spiro atoms. The van der Waals surface area contributed by atoms with Gasteiger partial charge in [0.25, 0.3) is 0 Å². The number of hydrogen-bond acceptors (Lipinski definition) is 2. The van der Waals surface area contributed by atoms with Crippen LogP contribution in [0.4, 0.5) is 0 Å². The number of hydrogen-bond donors (Lipinski definition) is 1. The average molecular weight is 429 g/mol. The number of aromatic amines is 1. The fourth-order valence-electron chi connectivity index (χ4n) is 3.29. The van der Waals surface area contributed by atoms with Crippen LogP contribution in [-0.2, 0) is 0 Å².